The van der Waals surface area contributed by atoms with Gasteiger partial charge in [0.2, 0.25) is 5.95 Å². The first-order valence-electron chi connectivity index (χ1n) is 6.99. The molecule has 1 fully saturated rings. The predicted octanol–water partition coefficient (Wildman–Crippen LogP) is 1.76. The molecule has 21 heavy (non-hydrogen) atoms. The zero-order valence-electron chi connectivity index (χ0n) is 11.7. The minimum absolute atomic E-state index is 0.865. The Bertz CT molecular complexity index is 821. The molecule has 1 aromatic carbocycles. The van der Waals surface area contributed by atoms with Gasteiger partial charge in [-0.2, -0.15) is 9.61 Å². The molecule has 1 N–H and O–H groups in total. The molecule has 1 aliphatic rings. The summed E-state index contributed by atoms with van der Waals surface area (Å²) in [5.74, 6) is 0.868. The van der Waals surface area contributed by atoms with Crippen LogP contribution in [-0.2, 0) is 0 Å². The molecule has 0 atom stereocenters. The Morgan fingerprint density at radius 3 is 2.86 bits per heavy atom. The highest BCUT2D eigenvalue weighted by molar-refractivity contribution is 9.10. The van der Waals surface area contributed by atoms with Crippen LogP contribution in [0.2, 0.25) is 0 Å². The SMILES string of the molecule is Cc1cc2c(cc1Br)nc(N1CCNCC1)n1ncnc21. The molecule has 2 aromatic heterocycles. The van der Waals surface area contributed by atoms with Crippen molar-refractivity contribution in [2.45, 2.75) is 6.92 Å². The van der Waals surface area contributed by atoms with E-state index < -0.39 is 0 Å². The molecular formula is C14H15BrN6. The molecule has 6 nitrogen and oxygen atoms in total. The first-order chi connectivity index (χ1) is 10.2. The zero-order valence-corrected chi connectivity index (χ0v) is 13.3. The van der Waals surface area contributed by atoms with Gasteiger partial charge in [-0.15, -0.1) is 0 Å². The summed E-state index contributed by atoms with van der Waals surface area (Å²) in [6, 6.07) is 4.17. The van der Waals surface area contributed by atoms with E-state index in [4.69, 9.17) is 4.98 Å². The molecule has 1 aliphatic heterocycles. The summed E-state index contributed by atoms with van der Waals surface area (Å²) < 4.78 is 2.92. The molecular weight excluding hydrogens is 332 g/mol. The number of hydrogen-bond acceptors (Lipinski definition) is 5. The summed E-state index contributed by atoms with van der Waals surface area (Å²) in [5, 5.41) is 8.76. The molecule has 0 spiro atoms. The Balaban J connectivity index is 2.00. The first kappa shape index (κ1) is 13.0. The Kier molecular flexibility index (Phi) is 3.04. The maximum absolute atomic E-state index is 4.83. The van der Waals surface area contributed by atoms with Gasteiger partial charge in [0, 0.05) is 36.0 Å². The van der Waals surface area contributed by atoms with Crippen LogP contribution in [0.3, 0.4) is 0 Å². The number of hydrogen-bond donors (Lipinski definition) is 1. The third-order valence-corrected chi connectivity index (χ3v) is 4.73. The van der Waals surface area contributed by atoms with Gasteiger partial charge >= 0.3 is 0 Å². The second-order valence-electron chi connectivity index (χ2n) is 5.26. The van der Waals surface area contributed by atoms with E-state index in [9.17, 15) is 0 Å². The Labute approximate surface area is 130 Å². The summed E-state index contributed by atoms with van der Waals surface area (Å²) >= 11 is 3.59. The van der Waals surface area contributed by atoms with Gasteiger partial charge in [0.1, 0.15) is 6.33 Å². The number of piperazine rings is 1. The fraction of sp³-hybridized carbons (Fsp3) is 0.357. The van der Waals surface area contributed by atoms with Gasteiger partial charge in [-0.1, -0.05) is 15.9 Å². The molecule has 0 saturated carbocycles. The highest BCUT2D eigenvalue weighted by atomic mass is 79.9. The van der Waals surface area contributed by atoms with E-state index in [1.807, 2.05) is 4.52 Å². The molecule has 4 rings (SSSR count). The van der Waals surface area contributed by atoms with E-state index in [2.05, 4.69) is 55.3 Å². The van der Waals surface area contributed by atoms with E-state index in [0.29, 0.717) is 0 Å². The van der Waals surface area contributed by atoms with Gasteiger partial charge in [0.15, 0.2) is 5.65 Å². The van der Waals surface area contributed by atoms with Crippen LogP contribution < -0.4 is 10.2 Å². The number of benzene rings is 1. The minimum atomic E-state index is 0.865. The van der Waals surface area contributed by atoms with Crippen LogP contribution in [0.15, 0.2) is 22.9 Å². The maximum atomic E-state index is 4.83. The number of aryl methyl sites for hydroxylation is 1. The summed E-state index contributed by atoms with van der Waals surface area (Å²) in [6.45, 7) is 5.86. The molecule has 0 amide bonds. The van der Waals surface area contributed by atoms with Crippen LogP contribution in [0, 0.1) is 6.92 Å². The number of fused-ring (bicyclic) bond motifs is 3. The molecule has 0 radical (unpaired) electrons. The van der Waals surface area contributed by atoms with Crippen molar-refractivity contribution in [1.29, 1.82) is 0 Å². The summed E-state index contributed by atoms with van der Waals surface area (Å²) in [5.41, 5.74) is 2.98. The van der Waals surface area contributed by atoms with Crippen molar-refractivity contribution >= 4 is 38.4 Å². The smallest absolute Gasteiger partial charge is 0.229 e. The van der Waals surface area contributed by atoms with Crippen molar-refractivity contribution in [1.82, 2.24) is 24.9 Å². The van der Waals surface area contributed by atoms with E-state index in [0.717, 1.165) is 53.2 Å². The molecule has 0 bridgehead atoms. The number of halogens is 1. The van der Waals surface area contributed by atoms with Gasteiger partial charge in [-0.25, -0.2) is 9.97 Å². The lowest BCUT2D eigenvalue weighted by Crippen LogP contribution is -2.44. The van der Waals surface area contributed by atoms with Crippen molar-refractivity contribution in [3.05, 3.63) is 28.5 Å². The molecule has 3 heterocycles. The van der Waals surface area contributed by atoms with Gasteiger partial charge in [-0.3, -0.25) is 0 Å². The summed E-state index contributed by atoms with van der Waals surface area (Å²) in [7, 11) is 0. The van der Waals surface area contributed by atoms with Crippen LogP contribution in [-0.4, -0.2) is 45.8 Å². The number of aromatic nitrogens is 4. The zero-order chi connectivity index (χ0) is 14.4. The first-order valence-corrected chi connectivity index (χ1v) is 7.78. The van der Waals surface area contributed by atoms with E-state index in [1.54, 1.807) is 6.33 Å². The molecule has 7 heteroatoms. The van der Waals surface area contributed by atoms with E-state index >= 15 is 0 Å². The predicted molar refractivity (Wildman–Crippen MR) is 85.8 cm³/mol. The monoisotopic (exact) mass is 346 g/mol. The van der Waals surface area contributed by atoms with E-state index in [1.165, 1.54) is 5.56 Å². The second-order valence-corrected chi connectivity index (χ2v) is 6.12. The molecule has 108 valence electrons. The highest BCUT2D eigenvalue weighted by Gasteiger charge is 2.18. The maximum Gasteiger partial charge on any atom is 0.229 e. The molecule has 3 aromatic rings. The number of anilines is 1. The van der Waals surface area contributed by atoms with Crippen LogP contribution in [0.4, 0.5) is 5.95 Å². The number of nitrogens with one attached hydrogen (secondary N) is 1. The quantitative estimate of drug-likeness (QED) is 0.727. The Morgan fingerprint density at radius 2 is 2.05 bits per heavy atom. The molecule has 1 saturated heterocycles. The summed E-state index contributed by atoms with van der Waals surface area (Å²) in [6.07, 6.45) is 1.60. The Morgan fingerprint density at radius 1 is 1.24 bits per heavy atom. The topological polar surface area (TPSA) is 58.4 Å². The van der Waals surface area contributed by atoms with Crippen LogP contribution >= 0.6 is 15.9 Å². The molecule has 0 unspecified atom stereocenters. The molecule has 0 aliphatic carbocycles. The Hall–Kier alpha value is -1.73. The highest BCUT2D eigenvalue weighted by Crippen LogP contribution is 2.27. The fourth-order valence-electron chi connectivity index (χ4n) is 2.74. The van der Waals surface area contributed by atoms with Gasteiger partial charge < -0.3 is 10.2 Å². The normalized spacial score (nSPS) is 16.0. The largest absolute Gasteiger partial charge is 0.338 e. The average molecular weight is 347 g/mol. The standard InChI is InChI=1S/C14H15BrN6/c1-9-6-10-12(7-11(9)15)19-14(20-4-2-16-3-5-20)21-13(10)17-8-18-21/h6-8,16H,2-5H2,1H3. The minimum Gasteiger partial charge on any atom is -0.338 e. The average Bonchev–Trinajstić information content (AvgIpc) is 2.99. The van der Waals surface area contributed by atoms with Crippen molar-refractivity contribution in [2.24, 2.45) is 0 Å². The van der Waals surface area contributed by atoms with Crippen LogP contribution in [0.25, 0.3) is 16.6 Å². The third-order valence-electron chi connectivity index (χ3n) is 3.88. The van der Waals surface area contributed by atoms with Gasteiger partial charge in [0.25, 0.3) is 0 Å². The fourth-order valence-corrected chi connectivity index (χ4v) is 3.07. The van der Waals surface area contributed by atoms with Crippen molar-refractivity contribution in [3.63, 3.8) is 0 Å². The van der Waals surface area contributed by atoms with Crippen molar-refractivity contribution in [3.8, 4) is 0 Å². The van der Waals surface area contributed by atoms with Crippen LogP contribution in [0.5, 0.6) is 0 Å². The van der Waals surface area contributed by atoms with Gasteiger partial charge in [-0.05, 0) is 24.6 Å². The third kappa shape index (κ3) is 2.08. The second kappa shape index (κ2) is 4.92. The van der Waals surface area contributed by atoms with Crippen molar-refractivity contribution < 1.29 is 0 Å². The summed E-state index contributed by atoms with van der Waals surface area (Å²) in [4.78, 5) is 11.5. The van der Waals surface area contributed by atoms with Crippen LogP contribution in [0.1, 0.15) is 5.56 Å². The lowest BCUT2D eigenvalue weighted by atomic mass is 10.1. The van der Waals surface area contributed by atoms with E-state index in [-0.39, 0.29) is 0 Å². The number of nitrogens with zero attached hydrogens (tertiary/aromatic N) is 5. The number of rotatable bonds is 1. The van der Waals surface area contributed by atoms with Crippen molar-refractivity contribution in [2.75, 3.05) is 31.1 Å². The lowest BCUT2D eigenvalue weighted by Gasteiger charge is -2.28. The van der Waals surface area contributed by atoms with Gasteiger partial charge in [0.05, 0.1) is 5.52 Å². The lowest BCUT2D eigenvalue weighted by molar-refractivity contribution is 0.575.